The summed E-state index contributed by atoms with van der Waals surface area (Å²) in [5.74, 6) is 1.36. The molecule has 3 bridgehead atoms. The molecule has 4 aliphatic rings. The van der Waals surface area contributed by atoms with Crippen molar-refractivity contribution in [2.24, 2.45) is 23.0 Å². The Morgan fingerprint density at radius 1 is 1.35 bits per heavy atom. The first-order valence-electron chi connectivity index (χ1n) is 7.09. The van der Waals surface area contributed by atoms with Gasteiger partial charge in [-0.1, -0.05) is 13.0 Å². The van der Waals surface area contributed by atoms with Crippen LogP contribution >= 0.6 is 0 Å². The molecular weight excluding hydrogens is 210 g/mol. The van der Waals surface area contributed by atoms with Crippen LogP contribution < -0.4 is 5.73 Å². The van der Waals surface area contributed by atoms with Gasteiger partial charge in [0.15, 0.2) is 0 Å². The van der Waals surface area contributed by atoms with Crippen molar-refractivity contribution in [3.63, 3.8) is 0 Å². The van der Waals surface area contributed by atoms with Crippen LogP contribution in [0.25, 0.3) is 0 Å². The summed E-state index contributed by atoms with van der Waals surface area (Å²) in [6, 6.07) is 0.206. The van der Waals surface area contributed by atoms with Gasteiger partial charge < -0.3 is 10.5 Å². The van der Waals surface area contributed by atoms with Crippen LogP contribution in [0.2, 0.25) is 0 Å². The molecule has 1 aliphatic heterocycles. The maximum absolute atomic E-state index is 6.53. The summed E-state index contributed by atoms with van der Waals surface area (Å²) in [5, 5.41) is 0. The van der Waals surface area contributed by atoms with E-state index in [9.17, 15) is 0 Å². The molecule has 3 aliphatic carbocycles. The summed E-state index contributed by atoms with van der Waals surface area (Å²) >= 11 is 0. The lowest BCUT2D eigenvalue weighted by Crippen LogP contribution is -2.58. The van der Waals surface area contributed by atoms with Crippen LogP contribution in [0.3, 0.4) is 0 Å². The summed E-state index contributed by atoms with van der Waals surface area (Å²) in [6.07, 6.45) is 7.47. The van der Waals surface area contributed by atoms with Gasteiger partial charge in [-0.05, 0) is 56.4 Å². The van der Waals surface area contributed by atoms with Crippen molar-refractivity contribution in [1.82, 2.24) is 0 Å². The molecule has 0 radical (unpaired) electrons. The molecule has 2 saturated carbocycles. The lowest BCUT2D eigenvalue weighted by Gasteiger charge is -2.52. The molecule has 94 valence electrons. The SMILES string of the molecule is C[C@@H]1CC=C2[C@]13CC[C@]1(C)O[C@]2(C)[C@@H](N)[C@H]1C3. The molecule has 4 rings (SSSR count). The number of hydrogen-bond donors (Lipinski definition) is 1. The van der Waals surface area contributed by atoms with Crippen molar-refractivity contribution in [3.05, 3.63) is 11.6 Å². The minimum atomic E-state index is -0.168. The molecular formula is C15H23NO. The van der Waals surface area contributed by atoms with Crippen LogP contribution in [0.5, 0.6) is 0 Å². The first-order valence-corrected chi connectivity index (χ1v) is 7.09. The minimum Gasteiger partial charge on any atom is -0.363 e. The second kappa shape index (κ2) is 2.65. The Hall–Kier alpha value is -0.340. The molecule has 6 atom stereocenters. The summed E-state index contributed by atoms with van der Waals surface area (Å²) in [7, 11) is 0. The van der Waals surface area contributed by atoms with Gasteiger partial charge in [0.1, 0.15) is 5.60 Å². The van der Waals surface area contributed by atoms with E-state index in [1.54, 1.807) is 5.57 Å². The Bertz CT molecular complexity index is 431. The smallest absolute Gasteiger partial charge is 0.103 e. The van der Waals surface area contributed by atoms with Gasteiger partial charge in [-0.25, -0.2) is 0 Å². The average Bonchev–Trinajstić information content (AvgIpc) is 2.62. The average molecular weight is 233 g/mol. The van der Waals surface area contributed by atoms with Crippen molar-refractivity contribution in [2.45, 2.75) is 63.7 Å². The highest BCUT2D eigenvalue weighted by atomic mass is 16.5. The molecule has 1 spiro atoms. The largest absolute Gasteiger partial charge is 0.363 e. The number of nitrogens with two attached hydrogens (primary N) is 1. The fourth-order valence-corrected chi connectivity index (χ4v) is 5.55. The third-order valence-corrected chi connectivity index (χ3v) is 6.64. The van der Waals surface area contributed by atoms with E-state index in [1.165, 1.54) is 25.7 Å². The molecule has 2 nitrogen and oxygen atoms in total. The third-order valence-electron chi connectivity index (χ3n) is 6.64. The van der Waals surface area contributed by atoms with Gasteiger partial charge in [0.05, 0.1) is 5.60 Å². The van der Waals surface area contributed by atoms with Crippen LogP contribution in [0.4, 0.5) is 0 Å². The quantitative estimate of drug-likeness (QED) is 0.653. The Kier molecular flexibility index (Phi) is 1.65. The van der Waals surface area contributed by atoms with E-state index in [0.29, 0.717) is 11.3 Å². The van der Waals surface area contributed by atoms with Crippen LogP contribution in [0.1, 0.15) is 46.5 Å². The molecule has 1 heterocycles. The second-order valence-corrected chi connectivity index (χ2v) is 7.27. The highest BCUT2D eigenvalue weighted by molar-refractivity contribution is 5.41. The van der Waals surface area contributed by atoms with Crippen LogP contribution in [0.15, 0.2) is 11.6 Å². The number of hydrogen-bond acceptors (Lipinski definition) is 2. The van der Waals surface area contributed by atoms with E-state index in [4.69, 9.17) is 10.5 Å². The van der Waals surface area contributed by atoms with Gasteiger partial charge in [0.2, 0.25) is 0 Å². The highest BCUT2D eigenvalue weighted by Crippen LogP contribution is 2.70. The maximum Gasteiger partial charge on any atom is 0.103 e. The fraction of sp³-hybridized carbons (Fsp3) is 0.867. The van der Waals surface area contributed by atoms with E-state index in [-0.39, 0.29) is 17.2 Å². The van der Waals surface area contributed by atoms with Crippen LogP contribution in [-0.4, -0.2) is 17.2 Å². The predicted molar refractivity (Wildman–Crippen MR) is 67.5 cm³/mol. The number of allylic oxidation sites excluding steroid dienone is 1. The zero-order valence-electron chi connectivity index (χ0n) is 11.1. The zero-order valence-corrected chi connectivity index (χ0v) is 11.1. The van der Waals surface area contributed by atoms with Gasteiger partial charge >= 0.3 is 0 Å². The van der Waals surface area contributed by atoms with E-state index in [1.807, 2.05) is 0 Å². The summed E-state index contributed by atoms with van der Waals surface area (Å²) in [4.78, 5) is 0. The zero-order chi connectivity index (χ0) is 12.1. The third kappa shape index (κ3) is 0.910. The summed E-state index contributed by atoms with van der Waals surface area (Å²) < 4.78 is 6.53. The monoisotopic (exact) mass is 233 g/mol. The van der Waals surface area contributed by atoms with Gasteiger partial charge in [-0.15, -0.1) is 0 Å². The molecule has 0 aromatic carbocycles. The standard InChI is InChI=1S/C15H23NO/c1-9-4-5-11-14(3)12(16)10-8-15(9,11)7-6-13(10,2)17-14/h5,9-10,12H,4,6-8,16H2,1-3H3/t9-,10-,12+,13+,14+,15+/m1/s1. The van der Waals surface area contributed by atoms with Crippen molar-refractivity contribution in [2.75, 3.05) is 0 Å². The second-order valence-electron chi connectivity index (χ2n) is 7.27. The van der Waals surface area contributed by atoms with E-state index < -0.39 is 0 Å². The Balaban J connectivity index is 1.95. The molecule has 0 aromatic rings. The topological polar surface area (TPSA) is 35.2 Å². The summed E-state index contributed by atoms with van der Waals surface area (Å²) in [6.45, 7) is 6.97. The molecule has 0 amide bonds. The normalized spacial score (nSPS) is 63.8. The van der Waals surface area contributed by atoms with E-state index in [0.717, 1.165) is 5.92 Å². The van der Waals surface area contributed by atoms with E-state index in [2.05, 4.69) is 26.8 Å². The van der Waals surface area contributed by atoms with Crippen LogP contribution in [-0.2, 0) is 4.74 Å². The highest BCUT2D eigenvalue weighted by Gasteiger charge is 2.70. The molecule has 0 aromatic heterocycles. The molecule has 3 fully saturated rings. The van der Waals surface area contributed by atoms with Crippen molar-refractivity contribution >= 4 is 0 Å². The first kappa shape index (κ1) is 10.6. The number of rotatable bonds is 0. The maximum atomic E-state index is 6.53. The molecule has 2 N–H and O–H groups in total. The lowest BCUT2D eigenvalue weighted by molar-refractivity contribution is -0.0773. The fourth-order valence-electron chi connectivity index (χ4n) is 5.55. The molecule has 2 heteroatoms. The Morgan fingerprint density at radius 2 is 2.12 bits per heavy atom. The van der Waals surface area contributed by atoms with Gasteiger partial charge in [-0.2, -0.15) is 0 Å². The Morgan fingerprint density at radius 3 is 2.88 bits per heavy atom. The molecule has 17 heavy (non-hydrogen) atoms. The van der Waals surface area contributed by atoms with Crippen LogP contribution in [0, 0.1) is 17.3 Å². The van der Waals surface area contributed by atoms with Gasteiger partial charge in [-0.3, -0.25) is 0 Å². The molecule has 0 unspecified atom stereocenters. The number of ether oxygens (including phenoxy) is 1. The Labute approximate surface area is 104 Å². The lowest BCUT2D eigenvalue weighted by atomic mass is 9.51. The van der Waals surface area contributed by atoms with Crippen molar-refractivity contribution < 1.29 is 4.74 Å². The summed E-state index contributed by atoms with van der Waals surface area (Å²) in [5.41, 5.74) is 8.39. The first-order chi connectivity index (χ1) is 7.92. The minimum absolute atomic E-state index is 0.0459. The van der Waals surface area contributed by atoms with Gasteiger partial charge in [0, 0.05) is 12.0 Å². The predicted octanol–water partition coefficient (Wildman–Crippen LogP) is 2.63. The number of fused-ring (bicyclic) bond motifs is 2. The van der Waals surface area contributed by atoms with Gasteiger partial charge in [0.25, 0.3) is 0 Å². The van der Waals surface area contributed by atoms with Crippen molar-refractivity contribution in [3.8, 4) is 0 Å². The molecule has 1 saturated heterocycles. The van der Waals surface area contributed by atoms with Crippen molar-refractivity contribution in [1.29, 1.82) is 0 Å². The van der Waals surface area contributed by atoms with E-state index >= 15 is 0 Å².